The third-order valence-electron chi connectivity index (χ3n) is 11.2. The Balaban J connectivity index is 2.90. The van der Waals surface area contributed by atoms with Gasteiger partial charge >= 0.3 is 23.9 Å². The van der Waals surface area contributed by atoms with Crippen LogP contribution >= 0.6 is 0 Å². The molecule has 0 aromatic heterocycles. The minimum atomic E-state index is -0.425. The Bertz CT molecular complexity index is 1090. The van der Waals surface area contributed by atoms with Crippen LogP contribution in [0.5, 0.6) is 0 Å². The van der Waals surface area contributed by atoms with Gasteiger partial charge in [0.25, 0.3) is 0 Å². The number of hydrogen-bond donors (Lipinski definition) is 0. The quantitative estimate of drug-likeness (QED) is 0.0362. The van der Waals surface area contributed by atoms with Crippen LogP contribution in [-0.4, -0.2) is 76.7 Å². The Kier molecular flexibility index (Phi) is 32.8. The van der Waals surface area contributed by atoms with E-state index >= 15 is 0 Å². The van der Waals surface area contributed by atoms with E-state index in [1.165, 1.54) is 65.6 Å². The first kappa shape index (κ1) is 53.0. The first-order valence-electron chi connectivity index (χ1n) is 23.0. The molecule has 1 aromatic rings. The number of carbonyl (C=O) groups is 4. The Labute approximate surface area is 352 Å². The van der Waals surface area contributed by atoms with E-state index in [4.69, 9.17) is 28.4 Å². The van der Waals surface area contributed by atoms with Gasteiger partial charge in [0.15, 0.2) is 0 Å². The van der Waals surface area contributed by atoms with Gasteiger partial charge in [-0.15, -0.1) is 0 Å². The largest absolute Gasteiger partial charge is 0.469 e. The number of hydrogen-bond acceptors (Lipinski definition) is 10. The van der Waals surface area contributed by atoms with Crippen LogP contribution in [-0.2, 0) is 38.0 Å². The number of unbranched alkanes of at least 4 members (excludes halogenated alkanes) is 18. The smallest absolute Gasteiger partial charge is 0.338 e. The average Bonchev–Trinajstić information content (AvgIpc) is 3.24. The molecule has 4 atom stereocenters. The highest BCUT2D eigenvalue weighted by molar-refractivity contribution is 5.93. The van der Waals surface area contributed by atoms with Gasteiger partial charge in [-0.1, -0.05) is 129 Å². The summed E-state index contributed by atoms with van der Waals surface area (Å²) >= 11 is 0. The molecule has 0 amide bonds. The molecule has 0 bridgehead atoms. The Morgan fingerprint density at radius 1 is 0.397 bits per heavy atom. The fraction of sp³-hybridized carbons (Fsp3) is 0.792. The lowest BCUT2D eigenvalue weighted by atomic mass is 9.99. The highest BCUT2D eigenvalue weighted by Gasteiger charge is 2.27. The molecule has 0 aliphatic heterocycles. The first-order valence-corrected chi connectivity index (χ1v) is 23.0. The molecule has 0 radical (unpaired) electrons. The van der Waals surface area contributed by atoms with Crippen molar-refractivity contribution in [2.24, 2.45) is 0 Å². The number of rotatable bonds is 38. The predicted molar refractivity (Wildman–Crippen MR) is 231 cm³/mol. The zero-order valence-corrected chi connectivity index (χ0v) is 37.5. The summed E-state index contributed by atoms with van der Waals surface area (Å²) in [6.07, 6.45) is 26.0. The van der Waals surface area contributed by atoms with Gasteiger partial charge in [-0.05, 0) is 75.6 Å². The van der Waals surface area contributed by atoms with E-state index in [1.807, 2.05) is 0 Å². The van der Waals surface area contributed by atoms with Crippen molar-refractivity contribution in [3.05, 3.63) is 35.4 Å². The van der Waals surface area contributed by atoms with Gasteiger partial charge in [0, 0.05) is 27.1 Å². The minimum absolute atomic E-state index is 0.166. The van der Waals surface area contributed by atoms with Gasteiger partial charge in [-0.3, -0.25) is 9.59 Å². The van der Waals surface area contributed by atoms with Gasteiger partial charge in [-0.2, -0.15) is 0 Å². The second-order valence-electron chi connectivity index (χ2n) is 15.9. The van der Waals surface area contributed by atoms with Gasteiger partial charge < -0.3 is 28.4 Å². The average molecular weight is 819 g/mol. The van der Waals surface area contributed by atoms with E-state index in [2.05, 4.69) is 13.8 Å². The minimum Gasteiger partial charge on any atom is -0.469 e. The molecule has 10 nitrogen and oxygen atoms in total. The fourth-order valence-electron chi connectivity index (χ4n) is 7.45. The van der Waals surface area contributed by atoms with E-state index in [9.17, 15) is 19.2 Å². The maximum Gasteiger partial charge on any atom is 0.338 e. The molecule has 1 rings (SSSR count). The molecule has 0 heterocycles. The second-order valence-corrected chi connectivity index (χ2v) is 15.9. The van der Waals surface area contributed by atoms with Crippen LogP contribution in [0.15, 0.2) is 24.3 Å². The van der Waals surface area contributed by atoms with Crippen molar-refractivity contribution in [1.82, 2.24) is 0 Å². The van der Waals surface area contributed by atoms with Crippen molar-refractivity contribution in [3.63, 3.8) is 0 Å². The van der Waals surface area contributed by atoms with Crippen LogP contribution in [0.1, 0.15) is 214 Å². The van der Waals surface area contributed by atoms with Crippen molar-refractivity contribution in [1.29, 1.82) is 0 Å². The predicted octanol–water partition coefficient (Wildman–Crippen LogP) is 12.1. The zero-order chi connectivity index (χ0) is 42.6. The number of benzene rings is 1. The Hall–Kier alpha value is -2.98. The molecular formula is C48H82O10. The maximum absolute atomic E-state index is 13.5. The van der Waals surface area contributed by atoms with E-state index in [1.54, 1.807) is 38.5 Å². The van der Waals surface area contributed by atoms with Crippen molar-refractivity contribution >= 4 is 23.9 Å². The summed E-state index contributed by atoms with van der Waals surface area (Å²) in [5.41, 5.74) is 0.768. The Morgan fingerprint density at radius 3 is 0.966 bits per heavy atom. The normalized spacial score (nSPS) is 13.3. The van der Waals surface area contributed by atoms with E-state index in [-0.39, 0.29) is 36.4 Å². The molecule has 0 aliphatic rings. The lowest BCUT2D eigenvalue weighted by Gasteiger charge is -2.27. The number of methoxy groups -OCH3 is 4. The monoisotopic (exact) mass is 819 g/mol. The molecule has 58 heavy (non-hydrogen) atoms. The van der Waals surface area contributed by atoms with Crippen molar-refractivity contribution in [2.75, 3.05) is 28.4 Å². The molecule has 0 spiro atoms. The highest BCUT2D eigenvalue weighted by atomic mass is 16.6. The van der Waals surface area contributed by atoms with Crippen LogP contribution in [0, 0.1) is 0 Å². The van der Waals surface area contributed by atoms with Gasteiger partial charge in [0.05, 0.1) is 37.6 Å². The van der Waals surface area contributed by atoms with Crippen LogP contribution in [0.25, 0.3) is 0 Å². The summed E-state index contributed by atoms with van der Waals surface area (Å²) < 4.78 is 33.6. The first-order chi connectivity index (χ1) is 28.2. The third kappa shape index (κ3) is 25.5. The summed E-state index contributed by atoms with van der Waals surface area (Å²) in [4.78, 5) is 49.9. The summed E-state index contributed by atoms with van der Waals surface area (Å²) in [5, 5.41) is 0. The van der Waals surface area contributed by atoms with Gasteiger partial charge in [0.2, 0.25) is 0 Å². The van der Waals surface area contributed by atoms with Crippen molar-refractivity contribution < 1.29 is 47.6 Å². The standard InChI is InChI=1S/C48H82O10/c1-7-9-11-13-17-25-31-43(41(53-3)29-23-19-15-21-27-33-45(49)55-5)57-47(51)39-35-37-40(38-36-39)48(52)58-44(32-26-18-14-12-10-8-2)42(54-4)30-24-20-16-22-28-34-46(50)56-6/h35-38,41-44H,7-34H2,1-6H3. The van der Waals surface area contributed by atoms with E-state index < -0.39 is 11.9 Å². The molecule has 334 valence electrons. The lowest BCUT2D eigenvalue weighted by Crippen LogP contribution is -2.33. The van der Waals surface area contributed by atoms with E-state index in [0.717, 1.165) is 116 Å². The highest BCUT2D eigenvalue weighted by Crippen LogP contribution is 2.24. The molecule has 0 saturated carbocycles. The van der Waals surface area contributed by atoms with E-state index in [0.29, 0.717) is 24.0 Å². The number of ether oxygens (including phenoxy) is 6. The summed E-state index contributed by atoms with van der Waals surface area (Å²) in [7, 11) is 6.22. The molecule has 4 unspecified atom stereocenters. The molecule has 0 fully saturated rings. The van der Waals surface area contributed by atoms with Crippen LogP contribution in [0.4, 0.5) is 0 Å². The van der Waals surface area contributed by atoms with Crippen molar-refractivity contribution in [3.8, 4) is 0 Å². The summed E-state index contributed by atoms with van der Waals surface area (Å²) in [6.45, 7) is 4.42. The second kappa shape index (κ2) is 35.9. The molecule has 10 heteroatoms. The summed E-state index contributed by atoms with van der Waals surface area (Å²) in [6, 6.07) is 6.59. The van der Waals surface area contributed by atoms with Crippen LogP contribution in [0.3, 0.4) is 0 Å². The van der Waals surface area contributed by atoms with Crippen LogP contribution in [0.2, 0.25) is 0 Å². The topological polar surface area (TPSA) is 124 Å². The maximum atomic E-state index is 13.5. The summed E-state index contributed by atoms with van der Waals surface area (Å²) in [5.74, 6) is -1.18. The molecule has 0 N–H and O–H groups in total. The Morgan fingerprint density at radius 2 is 0.672 bits per heavy atom. The van der Waals surface area contributed by atoms with Crippen molar-refractivity contribution in [2.45, 2.75) is 218 Å². The molecule has 1 aromatic carbocycles. The molecule has 0 aliphatic carbocycles. The van der Waals surface area contributed by atoms with Gasteiger partial charge in [0.1, 0.15) is 12.2 Å². The number of carbonyl (C=O) groups excluding carboxylic acids is 4. The number of esters is 4. The fourth-order valence-corrected chi connectivity index (χ4v) is 7.45. The SMILES string of the molecule is CCCCCCCCC(OC(=O)c1ccc(C(=O)OC(CCCCCCCC)C(CCCCCCCC(=O)OC)OC)cc1)C(CCCCCCCC(=O)OC)OC. The third-order valence-corrected chi connectivity index (χ3v) is 11.2. The van der Waals surface area contributed by atoms with Crippen LogP contribution < -0.4 is 0 Å². The molecule has 0 saturated heterocycles. The molecular weight excluding hydrogens is 737 g/mol. The lowest BCUT2D eigenvalue weighted by molar-refractivity contribution is -0.141. The van der Waals surface area contributed by atoms with Gasteiger partial charge in [-0.25, -0.2) is 9.59 Å². The zero-order valence-electron chi connectivity index (χ0n) is 37.5.